The van der Waals surface area contributed by atoms with Gasteiger partial charge in [0.05, 0.1) is 41.6 Å². The lowest BCUT2D eigenvalue weighted by atomic mass is 9.90. The predicted octanol–water partition coefficient (Wildman–Crippen LogP) is 8.41. The summed E-state index contributed by atoms with van der Waals surface area (Å²) < 4.78 is 41.0. The Morgan fingerprint density at radius 3 is 2.52 bits per heavy atom. The number of allylic oxidation sites excluding steroid dienone is 2. The molecule has 2 amide bonds. The number of nitrogens with one attached hydrogen (secondary N) is 1. The molecule has 13 heteroatoms. The number of thiazole rings is 1. The summed E-state index contributed by atoms with van der Waals surface area (Å²) in [5.41, 5.74) is 4.21. The molecule has 0 spiro atoms. The molecule has 2 aromatic carbocycles. The molecule has 2 aromatic heterocycles. The SMILES string of the molecule is COc1ccc2c(O[C@@H]3C[C@H]4C(=O)C[C@]5(C(=O)NS(=O)(=O)C6CC6)C[C@@H]5/C=C\CCCCC[C@H](Cc5ccc(C)cc5)C(=O)N4C3)cc(-c3nc(C(C)C)cs3)nc2c1C. The Morgan fingerprint density at radius 1 is 1.02 bits per heavy atom. The summed E-state index contributed by atoms with van der Waals surface area (Å²) in [6.07, 6.45) is 9.75. The zero-order chi connectivity index (χ0) is 42.3. The van der Waals surface area contributed by atoms with Crippen LogP contribution < -0.4 is 14.2 Å². The molecule has 1 saturated heterocycles. The van der Waals surface area contributed by atoms with Crippen molar-refractivity contribution in [3.63, 3.8) is 0 Å². The molecule has 0 bridgehead atoms. The number of hydrogen-bond acceptors (Lipinski definition) is 10. The standard InChI is InChI=1S/C47H56N4O7S2/c1-28(2)38-27-59-44(49-38)37-23-42(36-19-20-41(57-5)30(4)43(36)48-37)58-34-22-39-40(52)25-47(46(54)50-60(55,56)35-17-18-35)24-33(47)12-10-8-6-7-9-11-32(45(53)51(39)26-34)21-31-15-13-29(3)14-16-31/h10,12-16,19-20,23,27-28,32-35,39H,6-9,11,17-18,21-22,24-26H2,1-5H3,(H,50,54)/b12-10-/t32-,33+,34-,39+,47-/m1/s1. The molecule has 4 heterocycles. The number of ketones is 1. The fourth-order valence-corrected chi connectivity index (χ4v) is 11.3. The first-order valence-electron chi connectivity index (χ1n) is 21.5. The fourth-order valence-electron chi connectivity index (χ4n) is 8.99. The molecule has 0 unspecified atom stereocenters. The predicted molar refractivity (Wildman–Crippen MR) is 234 cm³/mol. The van der Waals surface area contributed by atoms with Gasteiger partial charge in [-0.05, 0) is 88.3 Å². The minimum Gasteiger partial charge on any atom is -0.496 e. The number of amides is 2. The minimum atomic E-state index is -3.83. The first-order valence-corrected chi connectivity index (χ1v) is 23.9. The number of nitrogens with zero attached hydrogens (tertiary/aromatic N) is 3. The molecule has 318 valence electrons. The number of Topliss-reactive ketones (excluding diaryl/α,β-unsaturated/α-hetero) is 1. The van der Waals surface area contributed by atoms with Gasteiger partial charge >= 0.3 is 0 Å². The number of rotatable bonds is 10. The Balaban J connectivity index is 1.15. The highest BCUT2D eigenvalue weighted by molar-refractivity contribution is 7.90. The number of benzene rings is 2. The van der Waals surface area contributed by atoms with Crippen LogP contribution in [0.2, 0.25) is 0 Å². The number of ether oxygens (including phenoxy) is 2. The summed E-state index contributed by atoms with van der Waals surface area (Å²) in [6.45, 7) is 8.39. The largest absolute Gasteiger partial charge is 0.496 e. The summed E-state index contributed by atoms with van der Waals surface area (Å²) in [6, 6.07) is 13.1. The zero-order valence-electron chi connectivity index (χ0n) is 35.2. The first kappa shape index (κ1) is 42.1. The second-order valence-electron chi connectivity index (χ2n) is 17.7. The molecule has 11 nitrogen and oxygen atoms in total. The number of hydrogen-bond donors (Lipinski definition) is 1. The third-order valence-electron chi connectivity index (χ3n) is 12.9. The van der Waals surface area contributed by atoms with Crippen LogP contribution in [0.1, 0.15) is 106 Å². The number of aryl methyl sites for hydroxylation is 2. The van der Waals surface area contributed by atoms with Crippen LogP contribution in [0.5, 0.6) is 11.5 Å². The highest BCUT2D eigenvalue weighted by Gasteiger charge is 2.61. The van der Waals surface area contributed by atoms with Crippen molar-refractivity contribution in [2.24, 2.45) is 17.3 Å². The summed E-state index contributed by atoms with van der Waals surface area (Å²) in [5.74, 6) is -0.0855. The average molecular weight is 853 g/mol. The van der Waals surface area contributed by atoms with Gasteiger partial charge in [-0.25, -0.2) is 18.4 Å². The fraction of sp³-hybridized carbons (Fsp3) is 0.511. The van der Waals surface area contributed by atoms with Crippen LogP contribution in [-0.2, 0) is 30.8 Å². The average Bonchev–Trinajstić information content (AvgIpc) is 4.10. The molecule has 2 saturated carbocycles. The van der Waals surface area contributed by atoms with Gasteiger partial charge in [0, 0.05) is 41.2 Å². The lowest BCUT2D eigenvalue weighted by molar-refractivity contribution is -0.142. The van der Waals surface area contributed by atoms with Crippen LogP contribution >= 0.6 is 11.3 Å². The van der Waals surface area contributed by atoms with E-state index in [2.05, 4.69) is 48.9 Å². The topological polar surface area (TPSA) is 145 Å². The van der Waals surface area contributed by atoms with Gasteiger partial charge in [0.2, 0.25) is 21.8 Å². The summed E-state index contributed by atoms with van der Waals surface area (Å²) >= 11 is 1.52. The number of aromatic nitrogens is 2. The van der Waals surface area contributed by atoms with E-state index in [0.29, 0.717) is 54.8 Å². The monoisotopic (exact) mass is 852 g/mol. The van der Waals surface area contributed by atoms with Crippen molar-refractivity contribution in [1.29, 1.82) is 0 Å². The van der Waals surface area contributed by atoms with Crippen LogP contribution in [0, 0.1) is 31.1 Å². The lowest BCUT2D eigenvalue weighted by Gasteiger charge is -2.29. The second kappa shape index (κ2) is 17.0. The second-order valence-corrected chi connectivity index (χ2v) is 20.6. The van der Waals surface area contributed by atoms with Gasteiger partial charge in [-0.2, -0.15) is 0 Å². The normalized spacial score (nSPS) is 25.6. The molecule has 1 N–H and O–H groups in total. The van der Waals surface area contributed by atoms with Crippen LogP contribution in [0.3, 0.4) is 0 Å². The Morgan fingerprint density at radius 2 is 1.80 bits per heavy atom. The number of pyridine rings is 1. The van der Waals surface area contributed by atoms with Gasteiger partial charge in [0.15, 0.2) is 5.78 Å². The molecule has 2 aliphatic carbocycles. The third kappa shape index (κ3) is 8.75. The van der Waals surface area contributed by atoms with E-state index in [9.17, 15) is 22.8 Å². The minimum absolute atomic E-state index is 0.0972. The maximum atomic E-state index is 15.0. The molecule has 4 aliphatic rings. The van der Waals surface area contributed by atoms with Gasteiger partial charge in [0.1, 0.15) is 28.3 Å². The number of fused-ring (bicyclic) bond motifs is 3. The van der Waals surface area contributed by atoms with E-state index in [0.717, 1.165) is 58.5 Å². The van der Waals surface area contributed by atoms with E-state index in [1.165, 1.54) is 11.3 Å². The van der Waals surface area contributed by atoms with E-state index in [1.54, 1.807) is 12.0 Å². The third-order valence-corrected chi connectivity index (χ3v) is 15.6. The Bertz CT molecular complexity index is 2420. The van der Waals surface area contributed by atoms with Crippen LogP contribution in [0.15, 0.2) is 60.0 Å². The van der Waals surface area contributed by atoms with Crippen molar-refractivity contribution in [2.45, 2.75) is 122 Å². The maximum absolute atomic E-state index is 15.0. The van der Waals surface area contributed by atoms with Gasteiger partial charge in [-0.1, -0.05) is 68.7 Å². The first-order chi connectivity index (χ1) is 28.8. The number of carbonyl (C=O) groups is 3. The lowest BCUT2D eigenvalue weighted by Crippen LogP contribution is -2.46. The van der Waals surface area contributed by atoms with Crippen molar-refractivity contribution in [1.82, 2.24) is 19.6 Å². The maximum Gasteiger partial charge on any atom is 0.240 e. The van der Waals surface area contributed by atoms with Crippen molar-refractivity contribution >= 4 is 49.9 Å². The highest BCUT2D eigenvalue weighted by Crippen LogP contribution is 2.57. The van der Waals surface area contributed by atoms with E-state index in [-0.39, 0.29) is 48.8 Å². The summed E-state index contributed by atoms with van der Waals surface area (Å²) in [7, 11) is -2.20. The van der Waals surface area contributed by atoms with E-state index in [4.69, 9.17) is 19.4 Å². The van der Waals surface area contributed by atoms with Gasteiger partial charge in [-0.15, -0.1) is 11.3 Å². The van der Waals surface area contributed by atoms with Gasteiger partial charge in [-0.3, -0.25) is 19.1 Å². The number of carbonyl (C=O) groups excluding carboxylic acids is 3. The Kier molecular flexibility index (Phi) is 11.9. The molecule has 8 rings (SSSR count). The molecular formula is C47H56N4O7S2. The highest BCUT2D eigenvalue weighted by atomic mass is 32.2. The van der Waals surface area contributed by atoms with Gasteiger partial charge < -0.3 is 14.4 Å². The van der Waals surface area contributed by atoms with Crippen molar-refractivity contribution in [2.75, 3.05) is 13.7 Å². The smallest absolute Gasteiger partial charge is 0.240 e. The quantitative estimate of drug-likeness (QED) is 0.156. The summed E-state index contributed by atoms with van der Waals surface area (Å²) in [4.78, 5) is 55.5. The molecular weight excluding hydrogens is 797 g/mol. The van der Waals surface area contributed by atoms with Gasteiger partial charge in [0.25, 0.3) is 0 Å². The van der Waals surface area contributed by atoms with E-state index in [1.807, 2.05) is 43.5 Å². The van der Waals surface area contributed by atoms with E-state index < -0.39 is 38.7 Å². The molecule has 0 radical (unpaired) electrons. The molecule has 2 aliphatic heterocycles. The van der Waals surface area contributed by atoms with Crippen LogP contribution in [0.4, 0.5) is 0 Å². The number of sulfonamides is 1. The van der Waals surface area contributed by atoms with Crippen LogP contribution in [-0.4, -0.2) is 71.9 Å². The van der Waals surface area contributed by atoms with Crippen LogP contribution in [0.25, 0.3) is 21.6 Å². The van der Waals surface area contributed by atoms with E-state index >= 15 is 0 Å². The zero-order valence-corrected chi connectivity index (χ0v) is 36.9. The molecule has 60 heavy (non-hydrogen) atoms. The Hall–Kier alpha value is -4.62. The summed E-state index contributed by atoms with van der Waals surface area (Å²) in [5, 5.41) is 3.01. The Labute approximate surface area is 357 Å². The van der Waals surface area contributed by atoms with Crippen molar-refractivity contribution in [3.05, 3.63) is 82.4 Å². The molecule has 5 atom stereocenters. The molecule has 3 fully saturated rings. The number of methoxy groups -OCH3 is 1. The molecule has 4 aromatic rings. The van der Waals surface area contributed by atoms with Crippen molar-refractivity contribution in [3.8, 4) is 22.2 Å². The van der Waals surface area contributed by atoms with Crippen molar-refractivity contribution < 1.29 is 32.3 Å².